The summed E-state index contributed by atoms with van der Waals surface area (Å²) >= 11 is 0. The molecule has 0 saturated carbocycles. The second-order valence-electron chi connectivity index (χ2n) is 8.18. The van der Waals surface area contributed by atoms with E-state index in [1.807, 2.05) is 0 Å². The first-order valence-electron chi connectivity index (χ1n) is 10.5. The van der Waals surface area contributed by atoms with Crippen LogP contribution in [0, 0.1) is 0 Å². The monoisotopic (exact) mass is 387 g/mol. The largest absolute Gasteiger partial charge is 0.497 e. The van der Waals surface area contributed by atoms with E-state index in [9.17, 15) is 9.59 Å². The minimum absolute atomic E-state index is 0.0480. The highest BCUT2D eigenvalue weighted by atomic mass is 16.5. The summed E-state index contributed by atoms with van der Waals surface area (Å²) in [5.41, 5.74) is 0.645. The predicted molar refractivity (Wildman–Crippen MR) is 110 cm³/mol. The van der Waals surface area contributed by atoms with Crippen LogP contribution in [-0.4, -0.2) is 66.5 Å². The highest BCUT2D eigenvalue weighted by Crippen LogP contribution is 2.23. The molecule has 2 heterocycles. The van der Waals surface area contributed by atoms with E-state index in [1.54, 1.807) is 31.4 Å². The van der Waals surface area contributed by atoms with Gasteiger partial charge in [0.05, 0.1) is 13.7 Å². The third-order valence-corrected chi connectivity index (χ3v) is 6.12. The summed E-state index contributed by atoms with van der Waals surface area (Å²) in [5.74, 6) is 0.945. The Morgan fingerprint density at radius 2 is 1.64 bits per heavy atom. The first kappa shape index (κ1) is 20.6. The Morgan fingerprint density at radius 3 is 2.21 bits per heavy atom. The smallest absolute Gasteiger partial charge is 0.251 e. The molecule has 2 atom stereocenters. The summed E-state index contributed by atoms with van der Waals surface area (Å²) in [6, 6.07) is 8.01. The summed E-state index contributed by atoms with van der Waals surface area (Å²) in [6.45, 7) is 6.50. The molecule has 1 aromatic rings. The summed E-state index contributed by atoms with van der Waals surface area (Å²) in [4.78, 5) is 29.5. The van der Waals surface area contributed by atoms with Crippen LogP contribution in [0.1, 0.15) is 56.3 Å². The number of piperidine rings is 2. The molecule has 0 aromatic heterocycles. The minimum atomic E-state index is -0.0480. The molecule has 2 fully saturated rings. The van der Waals surface area contributed by atoms with Gasteiger partial charge in [0.25, 0.3) is 5.91 Å². The van der Waals surface area contributed by atoms with Crippen molar-refractivity contribution in [2.45, 2.75) is 64.1 Å². The van der Waals surface area contributed by atoms with E-state index in [2.05, 4.69) is 29.0 Å². The predicted octanol–water partition coefficient (Wildman–Crippen LogP) is 2.68. The number of carbonyl (C=O) groups is 2. The lowest BCUT2D eigenvalue weighted by molar-refractivity contribution is -0.138. The van der Waals surface area contributed by atoms with Crippen LogP contribution < -0.4 is 10.1 Å². The molecule has 28 heavy (non-hydrogen) atoms. The van der Waals surface area contributed by atoms with Crippen molar-refractivity contribution >= 4 is 11.8 Å². The van der Waals surface area contributed by atoms with Crippen molar-refractivity contribution in [3.63, 3.8) is 0 Å². The van der Waals surface area contributed by atoms with E-state index < -0.39 is 0 Å². The summed E-state index contributed by atoms with van der Waals surface area (Å²) in [7, 11) is 1.61. The van der Waals surface area contributed by atoms with Gasteiger partial charge in [0.1, 0.15) is 5.75 Å². The first-order chi connectivity index (χ1) is 13.5. The Labute approximate surface area is 168 Å². The van der Waals surface area contributed by atoms with Crippen LogP contribution >= 0.6 is 0 Å². The maximum atomic E-state index is 12.8. The molecule has 0 radical (unpaired) electrons. The number of likely N-dealkylation sites (tertiary alicyclic amines) is 2. The molecular weight excluding hydrogens is 354 g/mol. The van der Waals surface area contributed by atoms with Crippen molar-refractivity contribution in [2.75, 3.05) is 26.7 Å². The quantitative estimate of drug-likeness (QED) is 0.844. The molecule has 0 spiro atoms. The average Bonchev–Trinajstić information content (AvgIpc) is 2.69. The van der Waals surface area contributed by atoms with E-state index in [4.69, 9.17) is 4.74 Å². The maximum absolute atomic E-state index is 12.8. The van der Waals surface area contributed by atoms with Gasteiger partial charge in [-0.2, -0.15) is 0 Å². The maximum Gasteiger partial charge on any atom is 0.251 e. The van der Waals surface area contributed by atoms with Gasteiger partial charge in [0.15, 0.2) is 0 Å². The van der Waals surface area contributed by atoms with Crippen molar-refractivity contribution in [1.82, 2.24) is 15.1 Å². The fourth-order valence-corrected chi connectivity index (χ4v) is 4.43. The Bertz CT molecular complexity index is 658. The average molecular weight is 388 g/mol. The van der Waals surface area contributed by atoms with Crippen molar-refractivity contribution in [2.24, 2.45) is 0 Å². The Kier molecular flexibility index (Phi) is 6.94. The fraction of sp³-hybridized carbons (Fsp3) is 0.636. The number of benzene rings is 1. The van der Waals surface area contributed by atoms with Crippen LogP contribution in [0.4, 0.5) is 0 Å². The van der Waals surface area contributed by atoms with Crippen molar-refractivity contribution < 1.29 is 14.3 Å². The lowest BCUT2D eigenvalue weighted by Crippen LogP contribution is -2.53. The number of hydrogen-bond donors (Lipinski definition) is 1. The third-order valence-electron chi connectivity index (χ3n) is 6.12. The summed E-state index contributed by atoms with van der Waals surface area (Å²) in [5, 5.41) is 3.12. The van der Waals surface area contributed by atoms with Gasteiger partial charge in [-0.1, -0.05) is 0 Å². The Balaban J connectivity index is 1.45. The second kappa shape index (κ2) is 9.41. The normalized spacial score (nSPS) is 24.0. The number of amides is 2. The highest BCUT2D eigenvalue weighted by Gasteiger charge is 2.30. The van der Waals surface area contributed by atoms with Gasteiger partial charge in [-0.05, 0) is 70.2 Å². The SMILES string of the molecule is COc1ccc(C(=O)NC2CCN(CC(=O)N3[C@H](C)CCC[C@H]3C)CC2)cc1. The van der Waals surface area contributed by atoms with Crippen LogP contribution in [0.3, 0.4) is 0 Å². The topological polar surface area (TPSA) is 61.9 Å². The van der Waals surface area contributed by atoms with Gasteiger partial charge in [-0.15, -0.1) is 0 Å². The molecule has 3 rings (SSSR count). The number of hydrogen-bond acceptors (Lipinski definition) is 4. The van der Waals surface area contributed by atoms with Crippen LogP contribution in [0.5, 0.6) is 5.75 Å². The van der Waals surface area contributed by atoms with E-state index >= 15 is 0 Å². The number of methoxy groups -OCH3 is 1. The molecule has 1 N–H and O–H groups in total. The fourth-order valence-electron chi connectivity index (χ4n) is 4.43. The first-order valence-corrected chi connectivity index (χ1v) is 10.5. The molecule has 2 amide bonds. The highest BCUT2D eigenvalue weighted by molar-refractivity contribution is 5.94. The number of carbonyl (C=O) groups excluding carboxylic acids is 2. The zero-order valence-corrected chi connectivity index (χ0v) is 17.3. The number of ether oxygens (including phenoxy) is 1. The Morgan fingerprint density at radius 1 is 1.04 bits per heavy atom. The van der Waals surface area contributed by atoms with Crippen LogP contribution in [0.15, 0.2) is 24.3 Å². The molecule has 154 valence electrons. The Hall–Kier alpha value is -2.08. The van der Waals surface area contributed by atoms with Crippen molar-refractivity contribution in [1.29, 1.82) is 0 Å². The number of nitrogens with one attached hydrogen (secondary N) is 1. The molecule has 1 aromatic carbocycles. The molecule has 0 aliphatic carbocycles. The standard InChI is InChI=1S/C22H33N3O3/c1-16-5-4-6-17(2)25(16)21(26)15-24-13-11-19(12-14-24)23-22(27)18-7-9-20(28-3)10-8-18/h7-10,16-17,19H,4-6,11-15H2,1-3H3,(H,23,27)/t16-,17-/m1/s1. The lowest BCUT2D eigenvalue weighted by Gasteiger charge is -2.41. The van der Waals surface area contributed by atoms with Gasteiger partial charge in [0, 0.05) is 36.8 Å². The second-order valence-corrected chi connectivity index (χ2v) is 8.18. The number of rotatable bonds is 5. The zero-order valence-electron chi connectivity index (χ0n) is 17.3. The van der Waals surface area contributed by atoms with Gasteiger partial charge < -0.3 is 15.0 Å². The van der Waals surface area contributed by atoms with Gasteiger partial charge >= 0.3 is 0 Å². The molecule has 2 aliphatic rings. The van der Waals surface area contributed by atoms with Gasteiger partial charge in [0.2, 0.25) is 5.91 Å². The van der Waals surface area contributed by atoms with Crippen LogP contribution in [-0.2, 0) is 4.79 Å². The van der Waals surface area contributed by atoms with Crippen LogP contribution in [0.2, 0.25) is 0 Å². The molecule has 6 nitrogen and oxygen atoms in total. The number of nitrogens with zero attached hydrogens (tertiary/aromatic N) is 2. The van der Waals surface area contributed by atoms with E-state index in [0.717, 1.165) is 44.5 Å². The molecule has 0 bridgehead atoms. The molecule has 2 saturated heterocycles. The molecule has 0 unspecified atom stereocenters. The van der Waals surface area contributed by atoms with Crippen LogP contribution in [0.25, 0.3) is 0 Å². The van der Waals surface area contributed by atoms with Crippen molar-refractivity contribution in [3.8, 4) is 5.75 Å². The third kappa shape index (κ3) is 5.04. The van der Waals surface area contributed by atoms with Crippen molar-refractivity contribution in [3.05, 3.63) is 29.8 Å². The van der Waals surface area contributed by atoms with Gasteiger partial charge in [-0.3, -0.25) is 14.5 Å². The zero-order chi connectivity index (χ0) is 20.1. The minimum Gasteiger partial charge on any atom is -0.497 e. The van der Waals surface area contributed by atoms with Gasteiger partial charge in [-0.25, -0.2) is 0 Å². The summed E-state index contributed by atoms with van der Waals surface area (Å²) in [6.07, 6.45) is 5.18. The van der Waals surface area contributed by atoms with E-state index in [0.29, 0.717) is 24.2 Å². The summed E-state index contributed by atoms with van der Waals surface area (Å²) < 4.78 is 5.13. The molecule has 2 aliphatic heterocycles. The van der Waals surface area contributed by atoms with E-state index in [-0.39, 0.29) is 17.9 Å². The molecular formula is C22H33N3O3. The lowest BCUT2D eigenvalue weighted by atomic mass is 9.97. The molecule has 6 heteroatoms. The van der Waals surface area contributed by atoms with E-state index in [1.165, 1.54) is 6.42 Å².